The fraction of sp³-hybridized carbons (Fsp3) is 0.345. The van der Waals surface area contributed by atoms with Crippen molar-refractivity contribution in [3.63, 3.8) is 0 Å². The predicted molar refractivity (Wildman–Crippen MR) is 131 cm³/mol. The molecule has 3 aromatic rings. The topological polar surface area (TPSA) is 32.6 Å². The summed E-state index contributed by atoms with van der Waals surface area (Å²) in [5.41, 5.74) is 4.74. The van der Waals surface area contributed by atoms with Crippen molar-refractivity contribution in [2.24, 2.45) is 10.9 Å². The van der Waals surface area contributed by atoms with Gasteiger partial charge in [0, 0.05) is 22.8 Å². The van der Waals surface area contributed by atoms with Gasteiger partial charge in [-0.3, -0.25) is 4.99 Å². The van der Waals surface area contributed by atoms with Crippen LogP contribution in [0.15, 0.2) is 77.8 Å². The van der Waals surface area contributed by atoms with Crippen molar-refractivity contribution in [2.75, 3.05) is 0 Å². The first-order chi connectivity index (χ1) is 15.0. The van der Waals surface area contributed by atoms with Gasteiger partial charge in [0.2, 0.25) is 0 Å². The Hall–Kier alpha value is -2.87. The van der Waals surface area contributed by atoms with Crippen LogP contribution in [-0.2, 0) is 5.41 Å². The van der Waals surface area contributed by atoms with E-state index in [0.717, 1.165) is 28.7 Å². The quantitative estimate of drug-likeness (QED) is 0.436. The van der Waals surface area contributed by atoms with Crippen LogP contribution in [0.3, 0.4) is 0 Å². The molecule has 2 atom stereocenters. The lowest BCUT2D eigenvalue weighted by molar-refractivity contribution is 0.333. The van der Waals surface area contributed by atoms with Gasteiger partial charge in [-0.2, -0.15) is 0 Å². The predicted octanol–water partition coefficient (Wildman–Crippen LogP) is 7.38. The van der Waals surface area contributed by atoms with Crippen molar-refractivity contribution in [1.29, 1.82) is 0 Å². The van der Waals surface area contributed by atoms with E-state index in [2.05, 4.69) is 69.3 Å². The number of aliphatic imine (C=N–C) groups is 1. The molecule has 2 heteroatoms. The van der Waals surface area contributed by atoms with Gasteiger partial charge in [-0.1, -0.05) is 106 Å². The maximum absolute atomic E-state index is 11.5. The molecule has 0 saturated heterocycles. The zero-order valence-corrected chi connectivity index (χ0v) is 18.9. The number of benzene rings is 3. The van der Waals surface area contributed by atoms with Crippen LogP contribution in [0.5, 0.6) is 5.75 Å². The Morgan fingerprint density at radius 1 is 0.871 bits per heavy atom. The van der Waals surface area contributed by atoms with Gasteiger partial charge in [0.05, 0.1) is 6.04 Å². The first-order valence-corrected chi connectivity index (χ1v) is 11.5. The van der Waals surface area contributed by atoms with E-state index in [1.807, 2.05) is 30.5 Å². The van der Waals surface area contributed by atoms with Crippen LogP contribution in [0.4, 0.5) is 0 Å². The maximum atomic E-state index is 11.5. The van der Waals surface area contributed by atoms with Crippen molar-refractivity contribution in [2.45, 2.75) is 57.9 Å². The molecule has 0 radical (unpaired) electrons. The van der Waals surface area contributed by atoms with Gasteiger partial charge >= 0.3 is 0 Å². The summed E-state index contributed by atoms with van der Waals surface area (Å²) in [4.78, 5) is 4.99. The van der Waals surface area contributed by atoms with Crippen molar-refractivity contribution in [1.82, 2.24) is 0 Å². The normalized spacial score (nSPS) is 19.6. The lowest BCUT2D eigenvalue weighted by Crippen LogP contribution is -2.21. The van der Waals surface area contributed by atoms with Crippen molar-refractivity contribution in [3.05, 3.63) is 89.5 Å². The first kappa shape index (κ1) is 21.4. The summed E-state index contributed by atoms with van der Waals surface area (Å²) < 4.78 is 0. The standard InChI is InChI=1S/C29H33NO/c1-21-12-10-11-17-27(21)30-20-25-24(22-13-6-4-7-14-22)18-19-26(28(25)31)29(2,3)23-15-8-5-9-16-23/h4-9,13-16,18-21,27,31H,10-12,17H2,1-3H3. The highest BCUT2D eigenvalue weighted by atomic mass is 16.3. The highest BCUT2D eigenvalue weighted by Gasteiger charge is 2.28. The van der Waals surface area contributed by atoms with E-state index in [0.29, 0.717) is 17.7 Å². The fourth-order valence-corrected chi connectivity index (χ4v) is 4.81. The van der Waals surface area contributed by atoms with E-state index in [4.69, 9.17) is 4.99 Å². The van der Waals surface area contributed by atoms with Crippen molar-refractivity contribution >= 4 is 6.21 Å². The number of phenolic OH excluding ortho intramolecular Hbond substituents is 1. The lowest BCUT2D eigenvalue weighted by atomic mass is 9.76. The van der Waals surface area contributed by atoms with Gasteiger partial charge in [-0.25, -0.2) is 0 Å². The first-order valence-electron chi connectivity index (χ1n) is 11.5. The maximum Gasteiger partial charge on any atom is 0.129 e. The molecule has 0 amide bonds. The molecule has 4 rings (SSSR count). The molecule has 0 spiro atoms. The summed E-state index contributed by atoms with van der Waals surface area (Å²) in [6.45, 7) is 6.64. The van der Waals surface area contributed by atoms with E-state index in [-0.39, 0.29) is 5.41 Å². The van der Waals surface area contributed by atoms with E-state index in [1.54, 1.807) is 0 Å². The Kier molecular flexibility index (Phi) is 6.27. The molecule has 31 heavy (non-hydrogen) atoms. The molecular weight excluding hydrogens is 378 g/mol. The molecular formula is C29H33NO. The second-order valence-corrected chi connectivity index (χ2v) is 9.39. The van der Waals surface area contributed by atoms with Gasteiger partial charge in [-0.15, -0.1) is 0 Å². The summed E-state index contributed by atoms with van der Waals surface area (Å²) in [5.74, 6) is 0.929. The third-order valence-electron chi connectivity index (χ3n) is 6.93. The molecule has 0 bridgehead atoms. The molecule has 3 aromatic carbocycles. The lowest BCUT2D eigenvalue weighted by Gasteiger charge is -2.28. The Balaban J connectivity index is 1.82. The van der Waals surface area contributed by atoms with Crippen LogP contribution in [0.1, 0.15) is 63.1 Å². The fourth-order valence-electron chi connectivity index (χ4n) is 4.81. The van der Waals surface area contributed by atoms with Gasteiger partial charge < -0.3 is 5.11 Å². The summed E-state index contributed by atoms with van der Waals surface area (Å²) in [5, 5.41) is 11.5. The molecule has 2 unspecified atom stereocenters. The smallest absolute Gasteiger partial charge is 0.129 e. The van der Waals surface area contributed by atoms with Gasteiger partial charge in [0.15, 0.2) is 0 Å². The SMILES string of the molecule is CC1CCCCC1N=Cc1c(-c2ccccc2)ccc(C(C)(C)c2ccccc2)c1O. The minimum Gasteiger partial charge on any atom is -0.507 e. The number of hydrogen-bond donors (Lipinski definition) is 1. The highest BCUT2D eigenvalue weighted by molar-refractivity contribution is 5.94. The minimum absolute atomic E-state index is 0.318. The Labute approximate surface area is 186 Å². The number of rotatable bonds is 5. The molecule has 1 aliphatic rings. The Bertz CT molecular complexity index is 1040. The van der Waals surface area contributed by atoms with Crippen LogP contribution in [-0.4, -0.2) is 17.4 Å². The Morgan fingerprint density at radius 3 is 2.19 bits per heavy atom. The average molecular weight is 412 g/mol. The molecule has 160 valence electrons. The summed E-state index contributed by atoms with van der Waals surface area (Å²) >= 11 is 0. The molecule has 0 heterocycles. The molecule has 2 nitrogen and oxygen atoms in total. The monoisotopic (exact) mass is 411 g/mol. The van der Waals surface area contributed by atoms with Crippen molar-refractivity contribution < 1.29 is 5.11 Å². The molecule has 0 aliphatic heterocycles. The zero-order chi connectivity index (χ0) is 21.8. The van der Waals surface area contributed by atoms with Crippen LogP contribution in [0.2, 0.25) is 0 Å². The number of hydrogen-bond acceptors (Lipinski definition) is 2. The highest BCUT2D eigenvalue weighted by Crippen LogP contribution is 2.41. The van der Waals surface area contributed by atoms with Crippen LogP contribution in [0, 0.1) is 5.92 Å². The Morgan fingerprint density at radius 2 is 1.52 bits per heavy atom. The summed E-state index contributed by atoms with van der Waals surface area (Å²) in [6.07, 6.45) is 6.85. The second-order valence-electron chi connectivity index (χ2n) is 9.39. The number of aromatic hydroxyl groups is 1. The van der Waals surface area contributed by atoms with Crippen LogP contribution in [0.25, 0.3) is 11.1 Å². The van der Waals surface area contributed by atoms with Gasteiger partial charge in [0.25, 0.3) is 0 Å². The summed E-state index contributed by atoms with van der Waals surface area (Å²) in [7, 11) is 0. The molecule has 1 aliphatic carbocycles. The average Bonchev–Trinajstić information content (AvgIpc) is 2.80. The molecule has 1 fully saturated rings. The van der Waals surface area contributed by atoms with Crippen molar-refractivity contribution in [3.8, 4) is 16.9 Å². The van der Waals surface area contributed by atoms with E-state index in [1.165, 1.54) is 24.8 Å². The van der Waals surface area contributed by atoms with E-state index >= 15 is 0 Å². The molecule has 1 N–H and O–H groups in total. The third kappa shape index (κ3) is 4.44. The molecule has 1 saturated carbocycles. The molecule has 0 aromatic heterocycles. The number of phenols is 1. The largest absolute Gasteiger partial charge is 0.507 e. The summed E-state index contributed by atoms with van der Waals surface area (Å²) in [6, 6.07) is 25.2. The zero-order valence-electron chi connectivity index (χ0n) is 18.9. The van der Waals surface area contributed by atoms with Crippen LogP contribution >= 0.6 is 0 Å². The number of nitrogens with zero attached hydrogens (tertiary/aromatic N) is 1. The van der Waals surface area contributed by atoms with E-state index in [9.17, 15) is 5.11 Å². The minimum atomic E-state index is -0.318. The third-order valence-corrected chi connectivity index (χ3v) is 6.93. The van der Waals surface area contributed by atoms with Crippen LogP contribution < -0.4 is 0 Å². The van der Waals surface area contributed by atoms with Gasteiger partial charge in [-0.05, 0) is 35.4 Å². The van der Waals surface area contributed by atoms with Gasteiger partial charge in [0.1, 0.15) is 5.75 Å². The second kappa shape index (κ2) is 9.09. The van der Waals surface area contributed by atoms with E-state index < -0.39 is 0 Å².